The lowest BCUT2D eigenvalue weighted by molar-refractivity contribution is -0.150. The van der Waals surface area contributed by atoms with Crippen LogP contribution in [0.2, 0.25) is 0 Å². The first-order valence-electron chi connectivity index (χ1n) is 13.2. The van der Waals surface area contributed by atoms with E-state index in [1.54, 1.807) is 25.1 Å². The maximum absolute atomic E-state index is 14.3. The van der Waals surface area contributed by atoms with Crippen molar-refractivity contribution in [3.63, 3.8) is 0 Å². The smallest absolute Gasteiger partial charge is 0.350 e. The topological polar surface area (TPSA) is 72.6 Å². The number of hydrogen-bond donors (Lipinski definition) is 0. The summed E-state index contributed by atoms with van der Waals surface area (Å²) in [6.45, 7) is 6.84. The molecule has 202 valence electrons. The van der Waals surface area contributed by atoms with Crippen molar-refractivity contribution in [3.05, 3.63) is 113 Å². The first kappa shape index (κ1) is 26.4. The lowest BCUT2D eigenvalue weighted by atomic mass is 10.0. The predicted molar refractivity (Wildman–Crippen MR) is 148 cm³/mol. The number of anilines is 1. The molecule has 0 N–H and O–H groups in total. The number of carbonyl (C=O) groups excluding carboxylic acids is 1. The van der Waals surface area contributed by atoms with Gasteiger partial charge in [0.25, 0.3) is 0 Å². The molecule has 0 spiro atoms. The van der Waals surface area contributed by atoms with E-state index >= 15 is 0 Å². The molecule has 0 saturated carbocycles. The average Bonchev–Trinajstić information content (AvgIpc) is 3.35. The van der Waals surface area contributed by atoms with E-state index in [-0.39, 0.29) is 17.5 Å². The first-order valence-corrected chi connectivity index (χ1v) is 13.2. The highest BCUT2D eigenvalue weighted by Crippen LogP contribution is 2.26. The fourth-order valence-corrected chi connectivity index (χ4v) is 5.12. The van der Waals surface area contributed by atoms with Gasteiger partial charge in [-0.1, -0.05) is 48.5 Å². The van der Waals surface area contributed by atoms with Crippen molar-refractivity contribution in [1.29, 1.82) is 0 Å². The Bertz CT molecular complexity index is 1460. The summed E-state index contributed by atoms with van der Waals surface area (Å²) in [4.78, 5) is 30.3. The van der Waals surface area contributed by atoms with E-state index in [1.165, 1.54) is 21.6 Å². The van der Waals surface area contributed by atoms with Crippen molar-refractivity contribution in [2.24, 2.45) is 0 Å². The van der Waals surface area contributed by atoms with E-state index in [4.69, 9.17) is 4.74 Å². The summed E-state index contributed by atoms with van der Waals surface area (Å²) >= 11 is 0. The zero-order valence-electron chi connectivity index (χ0n) is 22.1. The van der Waals surface area contributed by atoms with Crippen LogP contribution < -0.4 is 10.6 Å². The number of aromatic nitrogens is 3. The molecule has 9 heteroatoms. The van der Waals surface area contributed by atoms with Gasteiger partial charge < -0.3 is 9.64 Å². The molecular weight excluding hydrogens is 497 g/mol. The number of ether oxygens (including phenoxy) is 1. The van der Waals surface area contributed by atoms with Gasteiger partial charge in [-0.05, 0) is 49.7 Å². The van der Waals surface area contributed by atoms with Gasteiger partial charge in [-0.15, -0.1) is 0 Å². The minimum Gasteiger partial charge on any atom is -0.465 e. The largest absolute Gasteiger partial charge is 0.465 e. The predicted octanol–water partition coefficient (Wildman–Crippen LogP) is 4.21. The molecule has 0 radical (unpaired) electrons. The minimum atomic E-state index is -0.537. The van der Waals surface area contributed by atoms with Crippen molar-refractivity contribution >= 4 is 11.7 Å². The third-order valence-electron chi connectivity index (χ3n) is 7.21. The number of halogens is 1. The second-order valence-corrected chi connectivity index (χ2v) is 9.53. The van der Waals surface area contributed by atoms with E-state index in [9.17, 15) is 14.0 Å². The van der Waals surface area contributed by atoms with Crippen LogP contribution >= 0.6 is 0 Å². The number of hydrogen-bond acceptors (Lipinski definition) is 6. The van der Waals surface area contributed by atoms with Gasteiger partial charge in [0.1, 0.15) is 18.2 Å². The van der Waals surface area contributed by atoms with Gasteiger partial charge in [-0.3, -0.25) is 4.90 Å². The highest BCUT2D eigenvalue weighted by molar-refractivity contribution is 5.77. The summed E-state index contributed by atoms with van der Waals surface area (Å²) in [5, 5.41) is 4.25. The van der Waals surface area contributed by atoms with Crippen molar-refractivity contribution in [2.75, 3.05) is 37.7 Å². The summed E-state index contributed by atoms with van der Waals surface area (Å²) in [6, 6.07) is 22.9. The van der Waals surface area contributed by atoms with Crippen LogP contribution in [-0.2, 0) is 9.53 Å². The summed E-state index contributed by atoms with van der Waals surface area (Å²) in [7, 11) is 0. The number of esters is 1. The Labute approximate surface area is 226 Å². The number of rotatable bonds is 8. The highest BCUT2D eigenvalue weighted by atomic mass is 19.1. The van der Waals surface area contributed by atoms with Crippen LogP contribution in [0.4, 0.5) is 10.1 Å². The minimum absolute atomic E-state index is 0.225. The molecule has 1 aliphatic rings. The molecule has 1 saturated heterocycles. The van der Waals surface area contributed by atoms with E-state index in [1.807, 2.05) is 61.5 Å². The highest BCUT2D eigenvalue weighted by Gasteiger charge is 2.31. The summed E-state index contributed by atoms with van der Waals surface area (Å²) in [5.74, 6) is -0.593. The molecule has 0 amide bonds. The number of piperazine rings is 1. The summed E-state index contributed by atoms with van der Waals surface area (Å²) in [6.07, 6.45) is 1.46. The number of carbonyl (C=O) groups is 1. The van der Waals surface area contributed by atoms with Crippen molar-refractivity contribution in [3.8, 4) is 5.69 Å². The number of benzene rings is 3. The van der Waals surface area contributed by atoms with E-state index in [0.29, 0.717) is 30.9 Å². The third-order valence-corrected chi connectivity index (χ3v) is 7.21. The van der Waals surface area contributed by atoms with E-state index in [2.05, 4.69) is 14.9 Å². The van der Waals surface area contributed by atoms with Gasteiger partial charge in [0, 0.05) is 37.4 Å². The number of nitrogens with zero attached hydrogens (tertiary/aromatic N) is 5. The van der Waals surface area contributed by atoms with Crippen LogP contribution in [0.15, 0.2) is 90.0 Å². The van der Waals surface area contributed by atoms with Gasteiger partial charge in [0.2, 0.25) is 0 Å². The van der Waals surface area contributed by atoms with Crippen LogP contribution in [0.3, 0.4) is 0 Å². The Kier molecular flexibility index (Phi) is 7.88. The molecule has 3 aromatic carbocycles. The summed E-state index contributed by atoms with van der Waals surface area (Å²) < 4.78 is 22.4. The molecule has 1 unspecified atom stereocenters. The van der Waals surface area contributed by atoms with Gasteiger partial charge in [-0.2, -0.15) is 5.10 Å². The maximum atomic E-state index is 14.3. The normalized spacial score (nSPS) is 15.6. The van der Waals surface area contributed by atoms with E-state index in [0.717, 1.165) is 24.3 Å². The average molecular weight is 530 g/mol. The lowest BCUT2D eigenvalue weighted by Gasteiger charge is -2.39. The maximum Gasteiger partial charge on any atom is 0.350 e. The van der Waals surface area contributed by atoms with Gasteiger partial charge in [0.15, 0.2) is 0 Å². The SMILES string of the molecule is CCOC(=O)C(c1ccccc1)N1CCN(c2ccc(-n3cnn([C@@H](C)c4ccccc4F)c3=O)cc2)CC1. The van der Waals surface area contributed by atoms with Gasteiger partial charge in [0.05, 0.1) is 18.3 Å². The molecule has 8 nitrogen and oxygen atoms in total. The second kappa shape index (κ2) is 11.7. The zero-order valence-corrected chi connectivity index (χ0v) is 22.1. The molecule has 39 heavy (non-hydrogen) atoms. The van der Waals surface area contributed by atoms with Crippen molar-refractivity contribution < 1.29 is 13.9 Å². The fourth-order valence-electron chi connectivity index (χ4n) is 5.12. The van der Waals surface area contributed by atoms with Crippen LogP contribution in [0.1, 0.15) is 37.1 Å². The quantitative estimate of drug-likeness (QED) is 0.319. The van der Waals surface area contributed by atoms with Gasteiger partial charge >= 0.3 is 11.7 Å². The molecule has 1 fully saturated rings. The van der Waals surface area contributed by atoms with Crippen LogP contribution in [-0.4, -0.2) is 58.0 Å². The molecule has 0 aliphatic carbocycles. The monoisotopic (exact) mass is 529 g/mol. The van der Waals surface area contributed by atoms with Crippen LogP contribution in [0, 0.1) is 5.82 Å². The molecule has 2 heterocycles. The zero-order chi connectivity index (χ0) is 27.4. The Balaban J connectivity index is 1.27. The van der Waals surface area contributed by atoms with Crippen LogP contribution in [0.25, 0.3) is 5.69 Å². The summed E-state index contributed by atoms with van der Waals surface area (Å²) in [5.41, 5.74) is 2.73. The standard InChI is InChI=1S/C30H32FN5O3/c1-3-39-29(37)28(23-9-5-4-6-10-23)34-19-17-33(18-20-34)24-13-15-25(16-14-24)35-21-32-36(30(35)38)22(2)26-11-7-8-12-27(26)31/h4-16,21-22,28H,3,17-20H2,1-2H3/t22-,28?/m0/s1. The Morgan fingerprint density at radius 1 is 0.923 bits per heavy atom. The Morgan fingerprint density at radius 2 is 1.56 bits per heavy atom. The molecule has 5 rings (SSSR count). The molecule has 0 bridgehead atoms. The second-order valence-electron chi connectivity index (χ2n) is 9.53. The van der Waals surface area contributed by atoms with Crippen molar-refractivity contribution in [1.82, 2.24) is 19.2 Å². The molecule has 2 atom stereocenters. The lowest BCUT2D eigenvalue weighted by Crippen LogP contribution is -2.49. The Morgan fingerprint density at radius 3 is 2.23 bits per heavy atom. The van der Waals surface area contributed by atoms with Crippen LogP contribution in [0.5, 0.6) is 0 Å². The fraction of sp³-hybridized carbons (Fsp3) is 0.300. The van der Waals surface area contributed by atoms with E-state index < -0.39 is 12.1 Å². The molecule has 4 aromatic rings. The molecule has 1 aromatic heterocycles. The molecular formula is C30H32FN5O3. The first-order chi connectivity index (χ1) is 19.0. The third kappa shape index (κ3) is 5.49. The molecule has 1 aliphatic heterocycles. The van der Waals surface area contributed by atoms with Crippen molar-refractivity contribution in [2.45, 2.75) is 25.9 Å². The Hall–Kier alpha value is -4.24. The van der Waals surface area contributed by atoms with Gasteiger partial charge in [-0.25, -0.2) is 23.2 Å².